The minimum Gasteiger partial charge on any atom is -0.373 e. The van der Waals surface area contributed by atoms with Gasteiger partial charge in [-0.2, -0.15) is 0 Å². The van der Waals surface area contributed by atoms with Crippen molar-refractivity contribution in [2.45, 2.75) is 68.8 Å². The summed E-state index contributed by atoms with van der Waals surface area (Å²) in [6, 6.07) is 9.10. The van der Waals surface area contributed by atoms with Crippen LogP contribution < -0.4 is 5.32 Å². The maximum absolute atomic E-state index is 11.4. The third-order valence-electron chi connectivity index (χ3n) is 7.66. The Bertz CT molecular complexity index is 739. The molecule has 0 spiro atoms. The van der Waals surface area contributed by atoms with Gasteiger partial charge in [-0.15, -0.1) is 0 Å². The monoisotopic (exact) mass is 366 g/mol. The molecule has 0 aromatic heterocycles. The number of carbonyl (C=O) groups is 1. The molecule has 6 rings (SSSR count). The molecule has 2 aliphatic carbocycles. The van der Waals surface area contributed by atoms with Crippen LogP contribution in [0.25, 0.3) is 0 Å². The molecule has 2 N–H and O–H groups in total. The van der Waals surface area contributed by atoms with Crippen molar-refractivity contribution in [3.05, 3.63) is 47.5 Å². The highest BCUT2D eigenvalue weighted by Gasteiger charge is 2.77. The lowest BCUT2D eigenvalue weighted by Crippen LogP contribution is -2.45. The quantitative estimate of drug-likeness (QED) is 0.462. The van der Waals surface area contributed by atoms with Crippen molar-refractivity contribution in [1.29, 1.82) is 0 Å². The molecule has 0 radical (unpaired) electrons. The molecule has 144 valence electrons. The van der Waals surface area contributed by atoms with E-state index in [1.54, 1.807) is 0 Å². The SMILES string of the molecule is CC(c1ccc(C=O)cc1)C1C2C=CC3N1C3(O)C2CNC1CCCCC1. The summed E-state index contributed by atoms with van der Waals surface area (Å²) in [5.74, 6) is 0.991. The number of carbonyl (C=O) groups excluding carboxylic acids is 1. The molecule has 4 heteroatoms. The highest BCUT2D eigenvalue weighted by Crippen LogP contribution is 2.63. The van der Waals surface area contributed by atoms with Crippen molar-refractivity contribution in [2.75, 3.05) is 6.54 Å². The summed E-state index contributed by atoms with van der Waals surface area (Å²) in [6.45, 7) is 3.18. The Morgan fingerprint density at radius 2 is 1.96 bits per heavy atom. The first kappa shape index (κ1) is 17.6. The van der Waals surface area contributed by atoms with E-state index in [9.17, 15) is 9.90 Å². The molecule has 27 heavy (non-hydrogen) atoms. The summed E-state index contributed by atoms with van der Waals surface area (Å²) in [4.78, 5) is 13.3. The molecule has 7 atom stereocenters. The van der Waals surface area contributed by atoms with E-state index in [1.807, 2.05) is 12.1 Å². The van der Waals surface area contributed by atoms with Crippen LogP contribution in [0.5, 0.6) is 0 Å². The summed E-state index contributed by atoms with van der Waals surface area (Å²) < 4.78 is 0. The van der Waals surface area contributed by atoms with Gasteiger partial charge in [-0.3, -0.25) is 9.69 Å². The van der Waals surface area contributed by atoms with E-state index in [1.165, 1.54) is 37.7 Å². The molecule has 5 aliphatic rings. The van der Waals surface area contributed by atoms with E-state index in [2.05, 4.69) is 41.4 Å². The van der Waals surface area contributed by atoms with Gasteiger partial charge >= 0.3 is 0 Å². The van der Waals surface area contributed by atoms with Crippen molar-refractivity contribution in [3.63, 3.8) is 0 Å². The largest absolute Gasteiger partial charge is 0.373 e. The van der Waals surface area contributed by atoms with E-state index in [4.69, 9.17) is 0 Å². The minimum absolute atomic E-state index is 0.183. The van der Waals surface area contributed by atoms with Gasteiger partial charge in [0.15, 0.2) is 0 Å². The molecule has 7 unspecified atom stereocenters. The maximum Gasteiger partial charge on any atom is 0.150 e. The van der Waals surface area contributed by atoms with Crippen LogP contribution in [0.15, 0.2) is 36.4 Å². The molecule has 3 fully saturated rings. The number of aliphatic hydroxyl groups is 1. The summed E-state index contributed by atoms with van der Waals surface area (Å²) in [5.41, 5.74) is 1.32. The molecular formula is C23H30N2O2. The third kappa shape index (κ3) is 2.65. The summed E-state index contributed by atoms with van der Waals surface area (Å²) in [6.07, 6.45) is 12.1. The number of nitrogens with zero attached hydrogens (tertiary/aromatic N) is 1. The van der Waals surface area contributed by atoms with Crippen LogP contribution in [0.4, 0.5) is 0 Å². The zero-order chi connectivity index (χ0) is 18.6. The van der Waals surface area contributed by atoms with Crippen LogP contribution in [0.1, 0.15) is 60.9 Å². The lowest BCUT2D eigenvalue weighted by Gasteiger charge is -2.35. The van der Waals surface area contributed by atoms with Gasteiger partial charge in [-0.05, 0) is 24.3 Å². The predicted molar refractivity (Wildman–Crippen MR) is 106 cm³/mol. The average Bonchev–Trinajstić information content (AvgIpc) is 3.28. The fourth-order valence-corrected chi connectivity index (χ4v) is 6.13. The van der Waals surface area contributed by atoms with Crippen LogP contribution in [0.3, 0.4) is 0 Å². The first-order valence-electron chi connectivity index (χ1n) is 10.6. The Hall–Kier alpha value is -1.49. The van der Waals surface area contributed by atoms with Crippen molar-refractivity contribution in [2.24, 2.45) is 11.8 Å². The third-order valence-corrected chi connectivity index (χ3v) is 7.66. The Morgan fingerprint density at radius 1 is 1.22 bits per heavy atom. The molecule has 3 heterocycles. The molecule has 1 aromatic rings. The number of hydrogen-bond donors (Lipinski definition) is 2. The second kappa shape index (κ2) is 6.54. The summed E-state index contributed by atoms with van der Waals surface area (Å²) >= 11 is 0. The zero-order valence-corrected chi connectivity index (χ0v) is 16.1. The molecule has 0 amide bonds. The molecule has 4 bridgehead atoms. The van der Waals surface area contributed by atoms with E-state index < -0.39 is 5.72 Å². The summed E-state index contributed by atoms with van der Waals surface area (Å²) in [5, 5.41) is 15.2. The number of piperidine rings is 1. The number of nitrogens with one attached hydrogen (secondary N) is 1. The first-order valence-corrected chi connectivity index (χ1v) is 10.6. The van der Waals surface area contributed by atoms with Crippen LogP contribution >= 0.6 is 0 Å². The van der Waals surface area contributed by atoms with E-state index in [0.29, 0.717) is 23.9 Å². The van der Waals surface area contributed by atoms with Gasteiger partial charge in [0.1, 0.15) is 12.0 Å². The molecule has 3 aliphatic heterocycles. The molecule has 4 nitrogen and oxygen atoms in total. The molecule has 2 saturated heterocycles. The van der Waals surface area contributed by atoms with Gasteiger partial charge in [0.25, 0.3) is 0 Å². The molecule has 1 aromatic carbocycles. The smallest absolute Gasteiger partial charge is 0.150 e. The highest BCUT2D eigenvalue weighted by atomic mass is 16.3. The number of hydrogen-bond acceptors (Lipinski definition) is 4. The van der Waals surface area contributed by atoms with Crippen molar-refractivity contribution >= 4 is 6.29 Å². The lowest BCUT2D eigenvalue weighted by molar-refractivity contribution is 0.0504. The molecule has 1 saturated carbocycles. The Balaban J connectivity index is 1.33. The normalized spacial score (nSPS) is 40.7. The first-order chi connectivity index (χ1) is 13.1. The average molecular weight is 367 g/mol. The Kier molecular flexibility index (Phi) is 4.26. The van der Waals surface area contributed by atoms with Crippen LogP contribution in [0, 0.1) is 11.8 Å². The van der Waals surface area contributed by atoms with Gasteiger partial charge in [0, 0.05) is 36.0 Å². The number of benzene rings is 1. The standard InChI is InChI=1S/C23H30N2O2/c1-15(17-9-7-16(14-26)8-10-17)22-19-11-12-21-23(27,25(21)22)20(19)13-24-18-5-3-2-4-6-18/h7-12,14-15,18-22,24,27H,2-6,13H2,1H3. The minimum atomic E-state index is -0.650. The van der Waals surface area contributed by atoms with Crippen molar-refractivity contribution in [3.8, 4) is 0 Å². The predicted octanol–water partition coefficient (Wildman–Crippen LogP) is 3.08. The topological polar surface area (TPSA) is 52.3 Å². The van der Waals surface area contributed by atoms with Gasteiger partial charge in [-0.1, -0.05) is 62.6 Å². The summed E-state index contributed by atoms with van der Waals surface area (Å²) in [7, 11) is 0. The zero-order valence-electron chi connectivity index (χ0n) is 16.1. The van der Waals surface area contributed by atoms with Crippen LogP contribution in [-0.4, -0.2) is 46.7 Å². The van der Waals surface area contributed by atoms with Crippen molar-refractivity contribution < 1.29 is 9.90 Å². The Morgan fingerprint density at radius 3 is 2.67 bits per heavy atom. The second-order valence-electron chi connectivity index (χ2n) is 9.01. The maximum atomic E-state index is 11.4. The van der Waals surface area contributed by atoms with E-state index >= 15 is 0 Å². The van der Waals surface area contributed by atoms with Crippen LogP contribution in [-0.2, 0) is 0 Å². The number of rotatable bonds is 6. The van der Waals surface area contributed by atoms with Crippen molar-refractivity contribution in [1.82, 2.24) is 10.2 Å². The van der Waals surface area contributed by atoms with Gasteiger partial charge in [-0.25, -0.2) is 0 Å². The van der Waals surface area contributed by atoms with Gasteiger partial charge in [0.05, 0.1) is 6.04 Å². The Labute approximate surface area is 161 Å². The van der Waals surface area contributed by atoms with Crippen LogP contribution in [0.2, 0.25) is 0 Å². The van der Waals surface area contributed by atoms with E-state index in [-0.39, 0.29) is 12.0 Å². The fourth-order valence-electron chi connectivity index (χ4n) is 6.13. The second-order valence-corrected chi connectivity index (χ2v) is 9.01. The molecular weight excluding hydrogens is 336 g/mol. The van der Waals surface area contributed by atoms with E-state index in [0.717, 1.165) is 18.4 Å². The number of aldehydes is 1. The van der Waals surface area contributed by atoms with Gasteiger partial charge < -0.3 is 10.4 Å². The fraction of sp³-hybridized carbons (Fsp3) is 0.609. The van der Waals surface area contributed by atoms with Gasteiger partial charge in [0.2, 0.25) is 0 Å². The lowest BCUT2D eigenvalue weighted by atomic mass is 9.74. The highest BCUT2D eigenvalue weighted by molar-refractivity contribution is 5.74.